The van der Waals surface area contributed by atoms with E-state index in [1.807, 2.05) is 0 Å². The Morgan fingerprint density at radius 3 is 3.20 bits per heavy atom. The first kappa shape index (κ1) is 5.91. The molecule has 0 bridgehead atoms. The van der Waals surface area contributed by atoms with E-state index >= 15 is 0 Å². The van der Waals surface area contributed by atoms with Gasteiger partial charge in [-0.05, 0) is 0 Å². The van der Waals surface area contributed by atoms with Gasteiger partial charge in [-0.1, -0.05) is 5.21 Å². The van der Waals surface area contributed by atoms with Crippen LogP contribution in [0.3, 0.4) is 0 Å². The van der Waals surface area contributed by atoms with Gasteiger partial charge < -0.3 is 0 Å². The number of nitrogens with zero attached hydrogens (tertiary/aromatic N) is 3. The molecule has 1 aromatic rings. The Bertz CT molecular complexity index is 240. The Morgan fingerprint density at radius 1 is 1.60 bits per heavy atom. The third-order valence-electron chi connectivity index (χ3n) is 1.22. The fourth-order valence-corrected chi connectivity index (χ4v) is 1.60. The molecule has 0 radical (unpaired) electrons. The van der Waals surface area contributed by atoms with E-state index in [1.54, 1.807) is 18.0 Å². The maximum absolute atomic E-state index is 4.24. The minimum absolute atomic E-state index is 0.863. The van der Waals surface area contributed by atoms with Crippen molar-refractivity contribution in [2.45, 2.75) is 0 Å². The van der Waals surface area contributed by atoms with Crippen molar-refractivity contribution in [3.05, 3.63) is 11.9 Å². The molecule has 0 saturated heterocycles. The zero-order valence-electron chi connectivity index (χ0n) is 5.24. The number of thioether (sulfide) groups is 1. The molecule has 10 heavy (non-hydrogen) atoms. The third kappa shape index (κ3) is 0.923. The highest BCUT2D eigenvalue weighted by Crippen LogP contribution is 2.15. The monoisotopic (exact) mass is 154 g/mol. The molecule has 0 unspecified atom stereocenters. The summed E-state index contributed by atoms with van der Waals surface area (Å²) >= 11 is 1.73. The molecule has 0 aromatic carbocycles. The lowest BCUT2D eigenvalue weighted by atomic mass is 10.5. The summed E-state index contributed by atoms with van der Waals surface area (Å²) in [4.78, 5) is 4.24. The summed E-state index contributed by atoms with van der Waals surface area (Å²) in [5, 5.41) is 11.1. The van der Waals surface area contributed by atoms with Crippen LogP contribution in [-0.2, 0) is 0 Å². The first-order chi connectivity index (χ1) is 4.97. The minimum Gasteiger partial charge on any atom is -0.275 e. The predicted molar refractivity (Wildman–Crippen MR) is 40.2 cm³/mol. The van der Waals surface area contributed by atoms with Crippen LogP contribution in [0, 0.1) is 0 Å². The Morgan fingerprint density at radius 2 is 2.60 bits per heavy atom. The third-order valence-corrected chi connectivity index (χ3v) is 2.22. The molecule has 5 heteroatoms. The molecule has 2 rings (SSSR count). The van der Waals surface area contributed by atoms with E-state index in [0.29, 0.717) is 0 Å². The van der Waals surface area contributed by atoms with Gasteiger partial charge in [-0.25, -0.2) is 0 Å². The fourth-order valence-electron chi connectivity index (χ4n) is 0.796. The van der Waals surface area contributed by atoms with E-state index in [4.69, 9.17) is 0 Å². The van der Waals surface area contributed by atoms with Crippen LogP contribution in [0.1, 0.15) is 5.69 Å². The van der Waals surface area contributed by atoms with Crippen LogP contribution in [0.4, 0.5) is 0 Å². The summed E-state index contributed by atoms with van der Waals surface area (Å²) in [6.07, 6.45) is 1.76. The van der Waals surface area contributed by atoms with Crippen LogP contribution < -0.4 is 0 Å². The lowest BCUT2D eigenvalue weighted by molar-refractivity contribution is 0.937. The number of H-pyrrole nitrogens is 1. The molecule has 0 amide bonds. The number of aromatic nitrogens is 3. The standard InChI is InChI=1S/C5H6N4S/c1-2-10-5(6-1)4-3-7-9-8-4/h3H,1-2H2,(H,7,8,9). The summed E-state index contributed by atoms with van der Waals surface area (Å²) in [7, 11) is 0. The van der Waals surface area contributed by atoms with E-state index in [2.05, 4.69) is 20.4 Å². The predicted octanol–water partition coefficient (Wildman–Crippen LogP) is 0.298. The van der Waals surface area contributed by atoms with Gasteiger partial charge in [-0.3, -0.25) is 10.1 Å². The number of aromatic amines is 1. The highest BCUT2D eigenvalue weighted by atomic mass is 32.2. The van der Waals surface area contributed by atoms with Crippen LogP contribution >= 0.6 is 11.8 Å². The van der Waals surface area contributed by atoms with Crippen molar-refractivity contribution in [3.8, 4) is 0 Å². The van der Waals surface area contributed by atoms with Gasteiger partial charge in [0.2, 0.25) is 0 Å². The van der Waals surface area contributed by atoms with Crippen molar-refractivity contribution in [2.75, 3.05) is 12.3 Å². The number of nitrogens with one attached hydrogen (secondary N) is 1. The van der Waals surface area contributed by atoms with Gasteiger partial charge in [-0.2, -0.15) is 0 Å². The van der Waals surface area contributed by atoms with Crippen molar-refractivity contribution in [1.82, 2.24) is 15.4 Å². The second-order valence-corrected chi connectivity index (χ2v) is 2.98. The second kappa shape index (κ2) is 2.42. The number of aliphatic imine (C=N–C) groups is 1. The van der Waals surface area contributed by atoms with Crippen molar-refractivity contribution in [3.63, 3.8) is 0 Å². The topological polar surface area (TPSA) is 53.9 Å². The molecular formula is C5H6N4S. The maximum Gasteiger partial charge on any atom is 0.137 e. The first-order valence-corrected chi connectivity index (χ1v) is 3.99. The van der Waals surface area contributed by atoms with Crippen molar-refractivity contribution in [1.29, 1.82) is 0 Å². The molecule has 0 fully saturated rings. The molecule has 1 aromatic heterocycles. The number of hydrogen-bond donors (Lipinski definition) is 1. The highest BCUT2D eigenvalue weighted by Gasteiger charge is 2.10. The van der Waals surface area contributed by atoms with E-state index in [1.165, 1.54) is 0 Å². The molecule has 0 spiro atoms. The number of rotatable bonds is 1. The maximum atomic E-state index is 4.24. The molecule has 52 valence electrons. The SMILES string of the molecule is c1[nH]nnc1C1=NCCS1. The largest absolute Gasteiger partial charge is 0.275 e. The summed E-state index contributed by atoms with van der Waals surface area (Å²) < 4.78 is 0. The van der Waals surface area contributed by atoms with Crippen LogP contribution in [0.15, 0.2) is 11.2 Å². The van der Waals surface area contributed by atoms with Gasteiger partial charge in [-0.15, -0.1) is 16.9 Å². The molecule has 0 atom stereocenters. The zero-order valence-corrected chi connectivity index (χ0v) is 6.06. The Kier molecular flexibility index (Phi) is 1.43. The van der Waals surface area contributed by atoms with Gasteiger partial charge in [0.25, 0.3) is 0 Å². The Balaban J connectivity index is 2.28. The summed E-state index contributed by atoms with van der Waals surface area (Å²) in [5.74, 6) is 1.07. The van der Waals surface area contributed by atoms with Crippen LogP contribution in [0.2, 0.25) is 0 Å². The molecule has 4 nitrogen and oxygen atoms in total. The molecule has 1 aliphatic heterocycles. The van der Waals surface area contributed by atoms with Gasteiger partial charge in [0, 0.05) is 12.3 Å². The highest BCUT2D eigenvalue weighted by molar-refractivity contribution is 8.14. The van der Waals surface area contributed by atoms with Gasteiger partial charge in [0.15, 0.2) is 0 Å². The number of hydrogen-bond acceptors (Lipinski definition) is 4. The fraction of sp³-hybridized carbons (Fsp3) is 0.400. The smallest absolute Gasteiger partial charge is 0.137 e. The first-order valence-electron chi connectivity index (χ1n) is 3.01. The van der Waals surface area contributed by atoms with Crippen molar-refractivity contribution < 1.29 is 0 Å². The normalized spacial score (nSPS) is 17.4. The van der Waals surface area contributed by atoms with Gasteiger partial charge in [0.1, 0.15) is 10.7 Å². The van der Waals surface area contributed by atoms with Crippen LogP contribution in [-0.4, -0.2) is 32.8 Å². The molecular weight excluding hydrogens is 148 g/mol. The van der Waals surface area contributed by atoms with E-state index in [9.17, 15) is 0 Å². The minimum atomic E-state index is 0.863. The molecule has 0 aliphatic carbocycles. The average molecular weight is 154 g/mol. The van der Waals surface area contributed by atoms with E-state index in [-0.39, 0.29) is 0 Å². The second-order valence-electron chi connectivity index (χ2n) is 1.89. The Hall–Kier alpha value is -0.840. The van der Waals surface area contributed by atoms with E-state index < -0.39 is 0 Å². The molecule has 0 saturated carbocycles. The van der Waals surface area contributed by atoms with Gasteiger partial charge >= 0.3 is 0 Å². The quantitative estimate of drug-likeness (QED) is 0.633. The van der Waals surface area contributed by atoms with E-state index in [0.717, 1.165) is 23.0 Å². The van der Waals surface area contributed by atoms with Crippen LogP contribution in [0.25, 0.3) is 0 Å². The molecule has 1 N–H and O–H groups in total. The summed E-state index contributed by atoms with van der Waals surface area (Å²) in [6, 6.07) is 0. The Labute approximate surface area is 62.1 Å². The van der Waals surface area contributed by atoms with Gasteiger partial charge in [0.05, 0.1) is 6.20 Å². The lowest BCUT2D eigenvalue weighted by Crippen LogP contribution is -1.90. The molecule has 2 heterocycles. The average Bonchev–Trinajstić information content (AvgIpc) is 2.59. The van der Waals surface area contributed by atoms with Crippen molar-refractivity contribution in [2.24, 2.45) is 4.99 Å². The zero-order chi connectivity index (χ0) is 6.81. The van der Waals surface area contributed by atoms with Crippen LogP contribution in [0.5, 0.6) is 0 Å². The van der Waals surface area contributed by atoms with Crippen molar-refractivity contribution >= 4 is 16.8 Å². The lowest BCUT2D eigenvalue weighted by Gasteiger charge is -1.87. The summed E-state index contributed by atoms with van der Waals surface area (Å²) in [5.41, 5.74) is 0.863. The molecule has 1 aliphatic rings. The summed E-state index contributed by atoms with van der Waals surface area (Å²) in [6.45, 7) is 0.910.